The minimum Gasteiger partial charge on any atom is -0.468 e. The summed E-state index contributed by atoms with van der Waals surface area (Å²) in [5.74, 6) is -1.61. The fourth-order valence-corrected chi connectivity index (χ4v) is 2.78. The molecule has 0 spiro atoms. The number of hydrogen-bond donors (Lipinski definition) is 0. The largest absolute Gasteiger partial charge is 0.468 e. The van der Waals surface area contributed by atoms with E-state index in [9.17, 15) is 14.4 Å². The van der Waals surface area contributed by atoms with E-state index in [2.05, 4.69) is 20.7 Å². The summed E-state index contributed by atoms with van der Waals surface area (Å²) >= 11 is 3.18. The third-order valence-electron chi connectivity index (χ3n) is 3.32. The van der Waals surface area contributed by atoms with Gasteiger partial charge in [-0.15, -0.1) is 0 Å². The molecule has 1 aromatic carbocycles. The highest BCUT2D eigenvalue weighted by atomic mass is 79.9. The summed E-state index contributed by atoms with van der Waals surface area (Å²) < 4.78 is 4.62. The maximum absolute atomic E-state index is 12.1. The number of anilines is 1. The monoisotopic (exact) mass is 339 g/mol. The van der Waals surface area contributed by atoms with Crippen LogP contribution in [0.15, 0.2) is 12.1 Å². The number of methoxy groups -OCH3 is 1. The molecule has 1 unspecified atom stereocenters. The van der Waals surface area contributed by atoms with Crippen molar-refractivity contribution in [3.05, 3.63) is 28.8 Å². The lowest BCUT2D eigenvalue weighted by Gasteiger charge is -2.20. The molecule has 1 aromatic rings. The third kappa shape index (κ3) is 2.24. The predicted molar refractivity (Wildman–Crippen MR) is 77.3 cm³/mol. The van der Waals surface area contributed by atoms with Crippen LogP contribution in [0.3, 0.4) is 0 Å². The summed E-state index contributed by atoms with van der Waals surface area (Å²) in [7, 11) is 1.27. The average molecular weight is 340 g/mol. The Bertz CT molecular complexity index is 611. The maximum atomic E-state index is 12.1. The molecule has 2 rings (SSSR count). The second kappa shape index (κ2) is 5.36. The molecule has 1 aliphatic heterocycles. The van der Waals surface area contributed by atoms with Crippen LogP contribution in [0.4, 0.5) is 5.69 Å². The number of benzene rings is 1. The van der Waals surface area contributed by atoms with Gasteiger partial charge in [0, 0.05) is 6.54 Å². The number of halogens is 1. The minimum absolute atomic E-state index is 0.0640. The number of amides is 1. The number of ether oxygens (including phenoxy) is 1. The van der Waals surface area contributed by atoms with Gasteiger partial charge in [0.05, 0.1) is 18.4 Å². The van der Waals surface area contributed by atoms with E-state index in [0.29, 0.717) is 11.3 Å². The Balaban J connectivity index is 2.43. The quantitative estimate of drug-likeness (QED) is 0.478. The first-order chi connectivity index (χ1) is 9.38. The molecule has 0 saturated heterocycles. The first-order valence-corrected chi connectivity index (χ1v) is 6.98. The number of Topliss-reactive ketones (excluding diaryl/α,β-unsaturated/α-hetero) is 1. The topological polar surface area (TPSA) is 63.7 Å². The smallest absolute Gasteiger partial charge is 0.321 e. The van der Waals surface area contributed by atoms with E-state index in [0.717, 1.165) is 11.1 Å². The summed E-state index contributed by atoms with van der Waals surface area (Å²) in [4.78, 5) is 36.3. The second-order valence-corrected chi connectivity index (χ2v) is 5.76. The van der Waals surface area contributed by atoms with Gasteiger partial charge >= 0.3 is 5.97 Å². The van der Waals surface area contributed by atoms with Gasteiger partial charge in [-0.3, -0.25) is 14.4 Å². The molecule has 1 heterocycles. The number of alkyl halides is 1. The standard InChI is InChI=1S/C14H14BrNO4/c1-7-4-5-8(2)11-10(7)12(17)13(18)16(11)6-9(15)14(19)20-3/h4-5,9H,6H2,1-3H3. The Labute approximate surface area is 125 Å². The van der Waals surface area contributed by atoms with Crippen LogP contribution in [0.5, 0.6) is 0 Å². The van der Waals surface area contributed by atoms with Crippen LogP contribution in [-0.2, 0) is 14.3 Å². The van der Waals surface area contributed by atoms with Crippen LogP contribution in [0.25, 0.3) is 0 Å². The third-order valence-corrected chi connectivity index (χ3v) is 3.99. The first kappa shape index (κ1) is 14.7. The maximum Gasteiger partial charge on any atom is 0.321 e. The van der Waals surface area contributed by atoms with Crippen molar-refractivity contribution in [3.63, 3.8) is 0 Å². The van der Waals surface area contributed by atoms with Gasteiger partial charge in [-0.2, -0.15) is 0 Å². The van der Waals surface area contributed by atoms with E-state index in [1.165, 1.54) is 12.0 Å². The van der Waals surface area contributed by atoms with E-state index in [1.54, 1.807) is 6.92 Å². The number of nitrogens with zero attached hydrogens (tertiary/aromatic N) is 1. The molecule has 0 saturated carbocycles. The number of aryl methyl sites for hydroxylation is 2. The second-order valence-electron chi connectivity index (χ2n) is 4.66. The Kier molecular flexibility index (Phi) is 3.94. The molecule has 0 bridgehead atoms. The SMILES string of the molecule is COC(=O)C(Br)CN1C(=O)C(=O)c2c(C)ccc(C)c21. The van der Waals surface area contributed by atoms with E-state index in [-0.39, 0.29) is 6.54 Å². The molecular formula is C14H14BrNO4. The van der Waals surface area contributed by atoms with Gasteiger partial charge in [0.25, 0.3) is 11.7 Å². The van der Waals surface area contributed by atoms with E-state index in [1.807, 2.05) is 19.1 Å². The van der Waals surface area contributed by atoms with Crippen molar-refractivity contribution in [3.8, 4) is 0 Å². The van der Waals surface area contributed by atoms with Crippen LogP contribution in [0, 0.1) is 13.8 Å². The summed E-state index contributed by atoms with van der Waals surface area (Å²) in [6.45, 7) is 3.69. The zero-order valence-electron chi connectivity index (χ0n) is 11.4. The van der Waals surface area contributed by atoms with Crippen molar-refractivity contribution < 1.29 is 19.1 Å². The van der Waals surface area contributed by atoms with Crippen LogP contribution in [0.1, 0.15) is 21.5 Å². The molecule has 106 valence electrons. The Morgan fingerprint density at radius 3 is 2.50 bits per heavy atom. The summed E-state index contributed by atoms with van der Waals surface area (Å²) in [5.41, 5.74) is 2.61. The lowest BCUT2D eigenvalue weighted by molar-refractivity contribution is -0.139. The minimum atomic E-state index is -0.671. The van der Waals surface area contributed by atoms with Crippen LogP contribution in [0.2, 0.25) is 0 Å². The number of carbonyl (C=O) groups is 3. The molecule has 0 aliphatic carbocycles. The molecular weight excluding hydrogens is 326 g/mol. The van der Waals surface area contributed by atoms with E-state index >= 15 is 0 Å². The van der Waals surface area contributed by atoms with E-state index in [4.69, 9.17) is 0 Å². The van der Waals surface area contributed by atoms with Crippen LogP contribution < -0.4 is 4.90 Å². The van der Waals surface area contributed by atoms with Crippen molar-refractivity contribution in [1.82, 2.24) is 0 Å². The number of fused-ring (bicyclic) bond motifs is 1. The van der Waals surface area contributed by atoms with Gasteiger partial charge in [-0.1, -0.05) is 28.1 Å². The molecule has 5 nitrogen and oxygen atoms in total. The number of hydrogen-bond acceptors (Lipinski definition) is 4. The van der Waals surface area contributed by atoms with Crippen LogP contribution >= 0.6 is 15.9 Å². The number of carbonyl (C=O) groups excluding carboxylic acids is 3. The number of rotatable bonds is 3. The highest BCUT2D eigenvalue weighted by molar-refractivity contribution is 9.10. The summed E-state index contributed by atoms with van der Waals surface area (Å²) in [5, 5.41) is 0. The first-order valence-electron chi connectivity index (χ1n) is 6.06. The summed E-state index contributed by atoms with van der Waals surface area (Å²) in [6.07, 6.45) is 0. The highest BCUT2D eigenvalue weighted by Crippen LogP contribution is 2.35. The molecule has 1 atom stereocenters. The number of esters is 1. The highest BCUT2D eigenvalue weighted by Gasteiger charge is 2.39. The Morgan fingerprint density at radius 2 is 1.90 bits per heavy atom. The summed E-state index contributed by atoms with van der Waals surface area (Å²) in [6, 6.07) is 3.67. The number of ketones is 1. The zero-order valence-corrected chi connectivity index (χ0v) is 13.0. The fraction of sp³-hybridized carbons (Fsp3) is 0.357. The van der Waals surface area contributed by atoms with Gasteiger partial charge in [0.15, 0.2) is 0 Å². The van der Waals surface area contributed by atoms with Crippen molar-refractivity contribution in [2.45, 2.75) is 18.7 Å². The fourth-order valence-electron chi connectivity index (χ4n) is 2.30. The lowest BCUT2D eigenvalue weighted by atomic mass is 10.0. The molecule has 6 heteroatoms. The molecule has 0 radical (unpaired) electrons. The Morgan fingerprint density at radius 1 is 1.30 bits per heavy atom. The van der Waals surface area contributed by atoms with Gasteiger partial charge in [-0.05, 0) is 25.0 Å². The van der Waals surface area contributed by atoms with Gasteiger partial charge in [0.2, 0.25) is 0 Å². The van der Waals surface area contributed by atoms with Crippen molar-refractivity contribution in [2.75, 3.05) is 18.6 Å². The molecule has 0 fully saturated rings. The molecule has 1 aliphatic rings. The molecule has 0 aromatic heterocycles. The molecule has 0 N–H and O–H groups in total. The molecule has 1 amide bonds. The zero-order chi connectivity index (χ0) is 15.0. The molecule has 20 heavy (non-hydrogen) atoms. The van der Waals surface area contributed by atoms with Gasteiger partial charge in [-0.25, -0.2) is 0 Å². The van der Waals surface area contributed by atoms with E-state index < -0.39 is 22.5 Å². The lowest BCUT2D eigenvalue weighted by Crippen LogP contribution is -2.38. The average Bonchev–Trinajstić information content (AvgIpc) is 2.68. The van der Waals surface area contributed by atoms with Gasteiger partial charge in [0.1, 0.15) is 4.83 Å². The van der Waals surface area contributed by atoms with Crippen molar-refractivity contribution in [1.29, 1.82) is 0 Å². The van der Waals surface area contributed by atoms with Crippen molar-refractivity contribution in [2.24, 2.45) is 0 Å². The Hall–Kier alpha value is -1.69. The van der Waals surface area contributed by atoms with Crippen LogP contribution in [-0.4, -0.2) is 36.1 Å². The van der Waals surface area contributed by atoms with Gasteiger partial charge < -0.3 is 9.64 Å². The predicted octanol–water partition coefficient (Wildman–Crippen LogP) is 1.77. The normalized spacial score (nSPS) is 15.3. The van der Waals surface area contributed by atoms with Crippen molar-refractivity contribution >= 4 is 39.3 Å².